The van der Waals surface area contributed by atoms with Gasteiger partial charge in [0.15, 0.2) is 0 Å². The Morgan fingerprint density at radius 3 is 1.23 bits per heavy atom. The molecule has 0 aliphatic rings. The van der Waals surface area contributed by atoms with Gasteiger partial charge in [0, 0.05) is 0 Å². The third kappa shape index (κ3) is 3.82. The number of hydrogen-bond donors (Lipinski definition) is 0. The molecule has 0 aliphatic heterocycles. The lowest BCUT2D eigenvalue weighted by atomic mass is 9.85. The van der Waals surface area contributed by atoms with Crippen LogP contribution in [-0.4, -0.2) is 0 Å². The molecule has 0 unspecified atom stereocenters. The van der Waals surface area contributed by atoms with E-state index in [0.717, 1.165) is 0 Å². The van der Waals surface area contributed by atoms with Crippen molar-refractivity contribution in [2.45, 2.75) is 6.92 Å². The van der Waals surface area contributed by atoms with Crippen molar-refractivity contribution in [3.63, 3.8) is 0 Å². The van der Waals surface area contributed by atoms with E-state index in [1.807, 2.05) is 0 Å². The summed E-state index contributed by atoms with van der Waals surface area (Å²) in [6.07, 6.45) is 0. The summed E-state index contributed by atoms with van der Waals surface area (Å²) < 4.78 is 0. The average molecular weight is 595 g/mol. The van der Waals surface area contributed by atoms with Gasteiger partial charge in [-0.25, -0.2) is 0 Å². The zero-order valence-corrected chi connectivity index (χ0v) is 26.1. The van der Waals surface area contributed by atoms with E-state index in [4.69, 9.17) is 0 Å². The highest BCUT2D eigenvalue weighted by atomic mass is 14.2. The lowest BCUT2D eigenvalue weighted by molar-refractivity contribution is 1.47. The first kappa shape index (κ1) is 26.3. The van der Waals surface area contributed by atoms with E-state index in [9.17, 15) is 0 Å². The summed E-state index contributed by atoms with van der Waals surface area (Å²) in [4.78, 5) is 0. The van der Waals surface area contributed by atoms with Crippen LogP contribution in [0.15, 0.2) is 164 Å². The molecule has 0 radical (unpaired) electrons. The summed E-state index contributed by atoms with van der Waals surface area (Å²) >= 11 is 0. The fourth-order valence-electron chi connectivity index (χ4n) is 8.18. The van der Waals surface area contributed by atoms with Gasteiger partial charge in [-0.1, -0.05) is 169 Å². The van der Waals surface area contributed by atoms with Crippen LogP contribution in [0.1, 0.15) is 5.56 Å². The first-order valence-corrected chi connectivity index (χ1v) is 16.4. The van der Waals surface area contributed by atoms with Crippen LogP contribution in [0.4, 0.5) is 0 Å². The van der Waals surface area contributed by atoms with Gasteiger partial charge in [0.1, 0.15) is 0 Å². The Morgan fingerprint density at radius 1 is 0.277 bits per heavy atom. The zero-order valence-electron chi connectivity index (χ0n) is 26.1. The SMILES string of the molecule is Cc1ccc(-c2c3ccccc3c(-c3ccc(-c4ccc5c6cccc7cccc(c8cccc4c85)c76)cc3)c3ccccc23)cc1. The minimum atomic E-state index is 1.24. The summed E-state index contributed by atoms with van der Waals surface area (Å²) in [5, 5.41) is 15.8. The van der Waals surface area contributed by atoms with E-state index in [-0.39, 0.29) is 0 Å². The van der Waals surface area contributed by atoms with Crippen molar-refractivity contribution < 1.29 is 0 Å². The average Bonchev–Trinajstić information content (AvgIpc) is 3.13. The van der Waals surface area contributed by atoms with Crippen molar-refractivity contribution in [3.05, 3.63) is 169 Å². The number of hydrogen-bond acceptors (Lipinski definition) is 0. The second-order valence-corrected chi connectivity index (χ2v) is 12.9. The van der Waals surface area contributed by atoms with Crippen molar-refractivity contribution in [3.8, 4) is 33.4 Å². The molecule has 10 rings (SSSR count). The minimum absolute atomic E-state index is 1.24. The first-order chi connectivity index (χ1) is 23.2. The number of rotatable bonds is 3. The molecule has 0 N–H and O–H groups in total. The van der Waals surface area contributed by atoms with E-state index in [1.165, 1.54) is 104 Å². The predicted molar refractivity (Wildman–Crippen MR) is 204 cm³/mol. The number of fused-ring (bicyclic) bond motifs is 4. The summed E-state index contributed by atoms with van der Waals surface area (Å²) in [5.74, 6) is 0. The van der Waals surface area contributed by atoms with Crippen LogP contribution < -0.4 is 0 Å². The Morgan fingerprint density at radius 2 is 0.681 bits per heavy atom. The molecular formula is C47H30. The Kier molecular flexibility index (Phi) is 5.59. The van der Waals surface area contributed by atoms with Crippen LogP contribution in [0.25, 0.3) is 98.0 Å². The van der Waals surface area contributed by atoms with Gasteiger partial charge in [-0.05, 0) is 105 Å². The largest absolute Gasteiger partial charge is 0.0616 e. The van der Waals surface area contributed by atoms with Gasteiger partial charge < -0.3 is 0 Å². The van der Waals surface area contributed by atoms with Crippen molar-refractivity contribution in [1.82, 2.24) is 0 Å². The number of aryl methyl sites for hydroxylation is 1. The van der Waals surface area contributed by atoms with Gasteiger partial charge >= 0.3 is 0 Å². The normalized spacial score (nSPS) is 11.9. The van der Waals surface area contributed by atoms with Gasteiger partial charge in [0.25, 0.3) is 0 Å². The van der Waals surface area contributed by atoms with Crippen molar-refractivity contribution >= 4 is 64.6 Å². The van der Waals surface area contributed by atoms with Crippen molar-refractivity contribution in [2.75, 3.05) is 0 Å². The molecule has 0 amide bonds. The molecule has 10 aromatic carbocycles. The molecule has 0 bridgehead atoms. The zero-order chi connectivity index (χ0) is 31.1. The van der Waals surface area contributed by atoms with Crippen LogP contribution in [-0.2, 0) is 0 Å². The van der Waals surface area contributed by atoms with E-state index >= 15 is 0 Å². The predicted octanol–water partition coefficient (Wildman–Crippen LogP) is 13.4. The fourth-order valence-corrected chi connectivity index (χ4v) is 8.18. The maximum absolute atomic E-state index is 2.34. The molecule has 0 atom stereocenters. The van der Waals surface area contributed by atoms with Gasteiger partial charge in [-0.2, -0.15) is 0 Å². The summed E-state index contributed by atoms with van der Waals surface area (Å²) in [6.45, 7) is 2.15. The second-order valence-electron chi connectivity index (χ2n) is 12.9. The Labute approximate surface area is 273 Å². The minimum Gasteiger partial charge on any atom is -0.0616 e. The van der Waals surface area contributed by atoms with E-state index in [0.29, 0.717) is 0 Å². The Bertz CT molecular complexity index is 2710. The second kappa shape index (κ2) is 10.0. The monoisotopic (exact) mass is 594 g/mol. The lowest BCUT2D eigenvalue weighted by Crippen LogP contribution is -1.91. The van der Waals surface area contributed by atoms with Crippen LogP contribution in [0.3, 0.4) is 0 Å². The summed E-state index contributed by atoms with van der Waals surface area (Å²) in [7, 11) is 0. The van der Waals surface area contributed by atoms with Crippen LogP contribution in [0.2, 0.25) is 0 Å². The van der Waals surface area contributed by atoms with E-state index in [2.05, 4.69) is 171 Å². The maximum Gasteiger partial charge on any atom is -0.00201 e. The topological polar surface area (TPSA) is 0 Å². The van der Waals surface area contributed by atoms with Gasteiger partial charge in [-0.15, -0.1) is 0 Å². The Balaban J connectivity index is 1.18. The molecule has 0 nitrogen and oxygen atoms in total. The van der Waals surface area contributed by atoms with Crippen LogP contribution in [0.5, 0.6) is 0 Å². The molecular weight excluding hydrogens is 565 g/mol. The highest BCUT2D eigenvalue weighted by Gasteiger charge is 2.18. The molecule has 47 heavy (non-hydrogen) atoms. The number of benzene rings is 10. The van der Waals surface area contributed by atoms with Gasteiger partial charge in [0.05, 0.1) is 0 Å². The molecule has 0 spiro atoms. The fraction of sp³-hybridized carbons (Fsp3) is 0.0213. The highest BCUT2D eigenvalue weighted by molar-refractivity contribution is 6.34. The van der Waals surface area contributed by atoms with Crippen molar-refractivity contribution in [1.29, 1.82) is 0 Å². The molecule has 0 aliphatic carbocycles. The van der Waals surface area contributed by atoms with Gasteiger partial charge in [0.2, 0.25) is 0 Å². The molecule has 0 fully saturated rings. The summed E-state index contributed by atoms with van der Waals surface area (Å²) in [6, 6.07) is 60.9. The van der Waals surface area contributed by atoms with Crippen molar-refractivity contribution in [2.24, 2.45) is 0 Å². The van der Waals surface area contributed by atoms with Crippen LogP contribution in [0, 0.1) is 6.92 Å². The van der Waals surface area contributed by atoms with E-state index in [1.54, 1.807) is 0 Å². The molecule has 0 heterocycles. The third-order valence-electron chi connectivity index (χ3n) is 10.3. The smallest absolute Gasteiger partial charge is 0.00201 e. The molecule has 218 valence electrons. The highest BCUT2D eigenvalue weighted by Crippen LogP contribution is 2.46. The first-order valence-electron chi connectivity index (χ1n) is 16.4. The Hall–Kier alpha value is -5.98. The van der Waals surface area contributed by atoms with E-state index < -0.39 is 0 Å². The molecule has 0 heteroatoms. The van der Waals surface area contributed by atoms with Gasteiger partial charge in [-0.3, -0.25) is 0 Å². The maximum atomic E-state index is 2.34. The molecule has 10 aromatic rings. The third-order valence-corrected chi connectivity index (χ3v) is 10.3. The lowest BCUT2D eigenvalue weighted by Gasteiger charge is -2.18. The van der Waals surface area contributed by atoms with Crippen LogP contribution >= 0.6 is 0 Å². The quantitative estimate of drug-likeness (QED) is 0.141. The molecule has 0 saturated carbocycles. The summed E-state index contributed by atoms with van der Waals surface area (Å²) in [5.41, 5.74) is 8.87. The molecule has 0 aromatic heterocycles. The standard InChI is InChI=1S/C47H30/c1-29-19-21-32(22-20-29)45-36-11-2-4-13-38(36)46(39-14-5-3-12-37(39)45)33-25-23-30(24-26-33)34-27-28-43-41-16-7-10-31-9-6-15-40(44(31)41)42-18-8-17-35(34)47(42)43/h2-28H,1H3. The molecule has 0 saturated heterocycles.